The summed E-state index contributed by atoms with van der Waals surface area (Å²) in [5, 5.41) is 7.86. The second-order valence-electron chi connectivity index (χ2n) is 8.55. The Labute approximate surface area is 196 Å². The van der Waals surface area contributed by atoms with Crippen LogP contribution in [0, 0.1) is 12.7 Å². The van der Waals surface area contributed by atoms with Crippen molar-refractivity contribution in [3.8, 4) is 11.4 Å². The van der Waals surface area contributed by atoms with Gasteiger partial charge in [0.05, 0.1) is 42.8 Å². The van der Waals surface area contributed by atoms with Crippen molar-refractivity contribution in [2.24, 2.45) is 0 Å². The number of ether oxygens (including phenoxy) is 1. The minimum atomic E-state index is -0.476. The molecule has 1 aliphatic carbocycles. The zero-order valence-corrected chi connectivity index (χ0v) is 19.2. The Morgan fingerprint density at radius 1 is 1.21 bits per heavy atom. The van der Waals surface area contributed by atoms with Crippen LogP contribution in [0.5, 0.6) is 5.75 Å². The summed E-state index contributed by atoms with van der Waals surface area (Å²) in [5.74, 6) is 0.513. The largest absolute Gasteiger partial charge is 0.494 e. The minimum absolute atomic E-state index is 0.297. The molecule has 0 amide bonds. The molecule has 0 spiro atoms. The summed E-state index contributed by atoms with van der Waals surface area (Å²) >= 11 is 0. The normalized spacial score (nSPS) is 14.1. The van der Waals surface area contributed by atoms with Gasteiger partial charge in [-0.1, -0.05) is 0 Å². The molecule has 5 rings (SSSR count). The van der Waals surface area contributed by atoms with E-state index >= 15 is 0 Å². The molecule has 0 bridgehead atoms. The van der Waals surface area contributed by atoms with Crippen molar-refractivity contribution in [1.82, 2.24) is 24.3 Å². The molecule has 4 aromatic rings. The van der Waals surface area contributed by atoms with Crippen molar-refractivity contribution in [3.63, 3.8) is 0 Å². The number of anilines is 2. The van der Waals surface area contributed by atoms with E-state index in [1.54, 1.807) is 19.6 Å². The van der Waals surface area contributed by atoms with Crippen molar-refractivity contribution in [3.05, 3.63) is 88.4 Å². The number of benzene rings is 1. The smallest absolute Gasteiger partial charge is 0.291 e. The average molecular weight is 461 g/mol. The lowest BCUT2D eigenvalue weighted by atomic mass is 10.1. The number of hydrogen-bond donors (Lipinski definition) is 1. The molecule has 0 radical (unpaired) electrons. The topological polar surface area (TPSA) is 86.9 Å². The first-order valence-electron chi connectivity index (χ1n) is 11.1. The number of aryl methyl sites for hydroxylation is 1. The van der Waals surface area contributed by atoms with Gasteiger partial charge in [0, 0.05) is 30.1 Å². The maximum atomic E-state index is 13.8. The van der Waals surface area contributed by atoms with Gasteiger partial charge in [0.2, 0.25) is 0 Å². The molecule has 1 fully saturated rings. The first kappa shape index (κ1) is 21.8. The molecule has 1 aliphatic rings. The van der Waals surface area contributed by atoms with Crippen LogP contribution in [0.15, 0.2) is 60.0 Å². The fourth-order valence-electron chi connectivity index (χ4n) is 3.94. The van der Waals surface area contributed by atoms with Crippen LogP contribution < -0.4 is 15.6 Å². The van der Waals surface area contributed by atoms with E-state index < -0.39 is 11.9 Å². The quantitative estimate of drug-likeness (QED) is 0.437. The van der Waals surface area contributed by atoms with Crippen molar-refractivity contribution in [1.29, 1.82) is 0 Å². The summed E-state index contributed by atoms with van der Waals surface area (Å²) in [4.78, 5) is 21.6. The standard InChI is InChI=1S/C25H25FN6O2/c1-15-13-31(14-28-15)23-7-6-20(9-24(23)34-3)29-22-10-21(17-4-5-17)30-32(25(22)33)16(2)18-8-19(26)12-27-11-18/h6-14,16-17,29H,4-5H2,1-3H3/t16-/m0/s1. The van der Waals surface area contributed by atoms with Crippen molar-refractivity contribution < 1.29 is 9.13 Å². The first-order valence-corrected chi connectivity index (χ1v) is 11.1. The molecular weight excluding hydrogens is 435 g/mol. The number of aromatic nitrogens is 5. The van der Waals surface area contributed by atoms with Gasteiger partial charge in [0.15, 0.2) is 0 Å². The highest BCUT2D eigenvalue weighted by atomic mass is 19.1. The molecule has 1 aromatic carbocycles. The lowest BCUT2D eigenvalue weighted by Gasteiger charge is -2.18. The van der Waals surface area contributed by atoms with Gasteiger partial charge in [-0.05, 0) is 56.5 Å². The number of halogens is 1. The van der Waals surface area contributed by atoms with Crippen molar-refractivity contribution >= 4 is 11.4 Å². The van der Waals surface area contributed by atoms with E-state index in [1.165, 1.54) is 10.7 Å². The number of rotatable bonds is 7. The Balaban J connectivity index is 1.52. The molecule has 3 heterocycles. The maximum Gasteiger partial charge on any atom is 0.291 e. The van der Waals surface area contributed by atoms with Crippen LogP contribution in [0.2, 0.25) is 0 Å². The van der Waals surface area contributed by atoms with Gasteiger partial charge < -0.3 is 14.6 Å². The third kappa shape index (κ3) is 4.28. The van der Waals surface area contributed by atoms with Crippen molar-refractivity contribution in [2.75, 3.05) is 12.4 Å². The molecule has 174 valence electrons. The fraction of sp³-hybridized carbons (Fsp3) is 0.280. The van der Waals surface area contributed by atoms with Gasteiger partial charge in [-0.15, -0.1) is 0 Å². The van der Waals surface area contributed by atoms with Crippen LogP contribution in [0.3, 0.4) is 0 Å². The molecule has 8 nitrogen and oxygen atoms in total. The Hall–Kier alpha value is -4.01. The summed E-state index contributed by atoms with van der Waals surface area (Å²) in [7, 11) is 1.60. The number of hydrogen-bond acceptors (Lipinski definition) is 6. The summed E-state index contributed by atoms with van der Waals surface area (Å²) < 4.78 is 22.6. The average Bonchev–Trinajstić information content (AvgIpc) is 3.60. The van der Waals surface area contributed by atoms with Crippen LogP contribution in [0.25, 0.3) is 5.69 Å². The zero-order chi connectivity index (χ0) is 23.8. The molecular formula is C25H25FN6O2. The van der Waals surface area contributed by atoms with Crippen LogP contribution >= 0.6 is 0 Å². The monoisotopic (exact) mass is 460 g/mol. The minimum Gasteiger partial charge on any atom is -0.494 e. The van der Waals surface area contributed by atoms with E-state index in [0.29, 0.717) is 28.6 Å². The van der Waals surface area contributed by atoms with Gasteiger partial charge in [0.1, 0.15) is 17.3 Å². The van der Waals surface area contributed by atoms with E-state index in [4.69, 9.17) is 4.74 Å². The molecule has 0 saturated heterocycles. The highest BCUT2D eigenvalue weighted by Crippen LogP contribution is 2.39. The molecule has 1 N–H and O–H groups in total. The predicted octanol–water partition coefficient (Wildman–Crippen LogP) is 4.51. The highest BCUT2D eigenvalue weighted by molar-refractivity contribution is 5.65. The van der Waals surface area contributed by atoms with Gasteiger partial charge in [-0.3, -0.25) is 9.78 Å². The molecule has 1 saturated carbocycles. The van der Waals surface area contributed by atoms with E-state index in [0.717, 1.165) is 36.1 Å². The molecule has 1 atom stereocenters. The second kappa shape index (κ2) is 8.74. The van der Waals surface area contributed by atoms with Gasteiger partial charge in [-0.25, -0.2) is 14.1 Å². The van der Waals surface area contributed by atoms with E-state index in [-0.39, 0.29) is 5.56 Å². The second-order valence-corrected chi connectivity index (χ2v) is 8.55. The van der Waals surface area contributed by atoms with E-state index in [1.807, 2.05) is 48.9 Å². The Kier molecular flexibility index (Phi) is 5.61. The molecule has 9 heteroatoms. The molecule has 34 heavy (non-hydrogen) atoms. The number of pyridine rings is 1. The summed E-state index contributed by atoms with van der Waals surface area (Å²) in [6, 6.07) is 8.35. The summed E-state index contributed by atoms with van der Waals surface area (Å²) in [6.07, 6.45) is 8.41. The van der Waals surface area contributed by atoms with Crippen LogP contribution in [-0.2, 0) is 0 Å². The zero-order valence-electron chi connectivity index (χ0n) is 19.2. The first-order chi connectivity index (χ1) is 16.4. The van der Waals surface area contributed by atoms with Gasteiger partial charge in [0.25, 0.3) is 5.56 Å². The van der Waals surface area contributed by atoms with Crippen molar-refractivity contribution in [2.45, 2.75) is 38.6 Å². The lowest BCUT2D eigenvalue weighted by molar-refractivity contribution is 0.413. The number of imidazole rings is 1. The molecule has 3 aromatic heterocycles. The summed E-state index contributed by atoms with van der Waals surface area (Å²) in [6.45, 7) is 3.74. The molecule has 0 aliphatic heterocycles. The Morgan fingerprint density at radius 3 is 2.71 bits per heavy atom. The third-order valence-electron chi connectivity index (χ3n) is 5.97. The lowest BCUT2D eigenvalue weighted by Crippen LogP contribution is -2.29. The Morgan fingerprint density at radius 2 is 2.03 bits per heavy atom. The highest BCUT2D eigenvalue weighted by Gasteiger charge is 2.28. The summed E-state index contributed by atoms with van der Waals surface area (Å²) in [5.41, 5.74) is 3.97. The van der Waals surface area contributed by atoms with E-state index in [9.17, 15) is 9.18 Å². The van der Waals surface area contributed by atoms with E-state index in [2.05, 4.69) is 20.4 Å². The van der Waals surface area contributed by atoms with Crippen LogP contribution in [0.4, 0.5) is 15.8 Å². The van der Waals surface area contributed by atoms with Gasteiger partial charge >= 0.3 is 0 Å². The number of nitrogens with one attached hydrogen (secondary N) is 1. The maximum absolute atomic E-state index is 13.8. The predicted molar refractivity (Wildman–Crippen MR) is 127 cm³/mol. The fourth-order valence-corrected chi connectivity index (χ4v) is 3.94. The van der Waals surface area contributed by atoms with Gasteiger partial charge in [-0.2, -0.15) is 5.10 Å². The third-order valence-corrected chi connectivity index (χ3v) is 5.97. The number of methoxy groups -OCH3 is 1. The molecule has 0 unspecified atom stereocenters. The number of nitrogens with zero attached hydrogens (tertiary/aromatic N) is 5. The SMILES string of the molecule is COc1cc(Nc2cc(C3CC3)nn([C@@H](C)c3cncc(F)c3)c2=O)ccc1-n1cnc(C)c1. The van der Waals surface area contributed by atoms with Crippen LogP contribution in [0.1, 0.15) is 48.7 Å². The Bertz CT molecular complexity index is 1410. The van der Waals surface area contributed by atoms with Crippen LogP contribution in [-0.4, -0.2) is 31.4 Å².